The van der Waals surface area contributed by atoms with Crippen LogP contribution in [0.25, 0.3) is 4.96 Å². The van der Waals surface area contributed by atoms with Gasteiger partial charge in [-0.3, -0.25) is 4.40 Å². The minimum Gasteiger partial charge on any atom is -0.396 e. The first kappa shape index (κ1) is 15.7. The standard InChI is InChI=1S/C11H16ClN3O3S2/c12-9-10(15-6-8-19-11(15)14-9)20(17,18)13-5-3-1-2-4-7-16/h6,8,13,16H,1-5,7H2. The fraction of sp³-hybridized carbons (Fsp3) is 0.545. The van der Waals surface area contributed by atoms with Gasteiger partial charge in [0.1, 0.15) is 0 Å². The summed E-state index contributed by atoms with van der Waals surface area (Å²) in [5.74, 6) is 0. The van der Waals surface area contributed by atoms with Crippen LogP contribution in [0.3, 0.4) is 0 Å². The number of thiazole rings is 1. The van der Waals surface area contributed by atoms with Gasteiger partial charge in [-0.2, -0.15) is 0 Å². The number of halogens is 1. The molecule has 6 nitrogen and oxygen atoms in total. The maximum Gasteiger partial charge on any atom is 0.259 e. The molecular weight excluding hydrogens is 322 g/mol. The lowest BCUT2D eigenvalue weighted by molar-refractivity contribution is 0.282. The normalized spacial score (nSPS) is 12.3. The molecule has 0 aliphatic carbocycles. The molecule has 2 aromatic rings. The van der Waals surface area contributed by atoms with Crippen LogP contribution in [0.15, 0.2) is 16.6 Å². The van der Waals surface area contributed by atoms with E-state index in [1.165, 1.54) is 15.7 Å². The Kier molecular flexibility index (Phi) is 5.39. The fourth-order valence-corrected chi connectivity index (χ4v) is 4.37. The van der Waals surface area contributed by atoms with Crippen molar-refractivity contribution in [2.24, 2.45) is 0 Å². The number of aromatic nitrogens is 2. The van der Waals surface area contributed by atoms with E-state index in [9.17, 15) is 8.42 Å². The third kappa shape index (κ3) is 3.50. The smallest absolute Gasteiger partial charge is 0.259 e. The summed E-state index contributed by atoms with van der Waals surface area (Å²) in [7, 11) is -3.66. The van der Waals surface area contributed by atoms with Gasteiger partial charge in [0.15, 0.2) is 15.1 Å². The van der Waals surface area contributed by atoms with Gasteiger partial charge in [0.25, 0.3) is 10.0 Å². The number of hydrogen-bond donors (Lipinski definition) is 2. The van der Waals surface area contributed by atoms with Crippen molar-refractivity contribution in [3.05, 3.63) is 16.7 Å². The second kappa shape index (κ2) is 6.86. The van der Waals surface area contributed by atoms with E-state index < -0.39 is 10.0 Å². The van der Waals surface area contributed by atoms with Crippen LogP contribution < -0.4 is 4.72 Å². The summed E-state index contributed by atoms with van der Waals surface area (Å²) in [5.41, 5.74) is 0. The van der Waals surface area contributed by atoms with Crippen LogP contribution in [0.4, 0.5) is 0 Å². The first-order chi connectivity index (χ1) is 9.56. The lowest BCUT2D eigenvalue weighted by Crippen LogP contribution is -2.26. The summed E-state index contributed by atoms with van der Waals surface area (Å²) in [4.78, 5) is 4.56. The van der Waals surface area contributed by atoms with Crippen LogP contribution in [0.1, 0.15) is 25.7 Å². The van der Waals surface area contributed by atoms with Gasteiger partial charge in [-0.25, -0.2) is 18.1 Å². The molecular formula is C11H16ClN3O3S2. The molecule has 0 atom stereocenters. The predicted molar refractivity (Wildman–Crippen MR) is 78.8 cm³/mol. The number of imidazole rings is 1. The molecule has 0 radical (unpaired) electrons. The average Bonchev–Trinajstić information content (AvgIpc) is 2.92. The summed E-state index contributed by atoms with van der Waals surface area (Å²) in [6.45, 7) is 0.523. The third-order valence-electron chi connectivity index (χ3n) is 2.81. The number of nitrogens with zero attached hydrogens (tertiary/aromatic N) is 2. The molecule has 2 aromatic heterocycles. The molecule has 2 heterocycles. The van der Waals surface area contributed by atoms with E-state index in [4.69, 9.17) is 16.7 Å². The van der Waals surface area contributed by atoms with Gasteiger partial charge >= 0.3 is 0 Å². The summed E-state index contributed by atoms with van der Waals surface area (Å²) in [6, 6.07) is 0. The maximum atomic E-state index is 12.2. The van der Waals surface area contributed by atoms with Crippen molar-refractivity contribution >= 4 is 37.9 Å². The van der Waals surface area contributed by atoms with Gasteiger partial charge in [-0.05, 0) is 12.8 Å². The summed E-state index contributed by atoms with van der Waals surface area (Å²) >= 11 is 7.23. The zero-order valence-corrected chi connectivity index (χ0v) is 13.1. The van der Waals surface area contributed by atoms with E-state index in [0.29, 0.717) is 11.5 Å². The summed E-state index contributed by atoms with van der Waals surface area (Å²) in [6.07, 6.45) is 4.87. The second-order valence-electron chi connectivity index (χ2n) is 4.30. The Bertz CT molecular complexity index is 666. The Hall–Kier alpha value is -0.670. The van der Waals surface area contributed by atoms with E-state index in [0.717, 1.165) is 25.7 Å². The Morgan fingerprint density at radius 1 is 1.35 bits per heavy atom. The van der Waals surface area contributed by atoms with Gasteiger partial charge < -0.3 is 5.11 Å². The van der Waals surface area contributed by atoms with Crippen LogP contribution in [0, 0.1) is 0 Å². The zero-order chi connectivity index (χ0) is 14.6. The van der Waals surface area contributed by atoms with Crippen LogP contribution in [0.5, 0.6) is 0 Å². The molecule has 0 unspecified atom stereocenters. The fourth-order valence-electron chi connectivity index (χ4n) is 1.84. The van der Waals surface area contributed by atoms with Crippen LogP contribution >= 0.6 is 22.9 Å². The van der Waals surface area contributed by atoms with Crippen molar-refractivity contribution in [3.63, 3.8) is 0 Å². The van der Waals surface area contributed by atoms with Crippen LogP contribution in [0.2, 0.25) is 5.15 Å². The molecule has 112 valence electrons. The van der Waals surface area contributed by atoms with E-state index in [-0.39, 0.29) is 16.8 Å². The van der Waals surface area contributed by atoms with Gasteiger partial charge in [-0.1, -0.05) is 24.4 Å². The molecule has 0 amide bonds. The quantitative estimate of drug-likeness (QED) is 0.720. The van der Waals surface area contributed by atoms with E-state index in [2.05, 4.69) is 9.71 Å². The number of fused-ring (bicyclic) bond motifs is 1. The Morgan fingerprint density at radius 3 is 2.85 bits per heavy atom. The topological polar surface area (TPSA) is 83.7 Å². The van der Waals surface area contributed by atoms with E-state index >= 15 is 0 Å². The predicted octanol–water partition coefficient (Wildman–Crippen LogP) is 1.88. The Morgan fingerprint density at radius 2 is 2.10 bits per heavy atom. The molecule has 0 saturated heterocycles. The van der Waals surface area contributed by atoms with E-state index in [1.807, 2.05) is 0 Å². The largest absolute Gasteiger partial charge is 0.396 e. The highest BCUT2D eigenvalue weighted by Crippen LogP contribution is 2.25. The van der Waals surface area contributed by atoms with Gasteiger partial charge in [0.05, 0.1) is 0 Å². The van der Waals surface area contributed by atoms with Crippen LogP contribution in [-0.4, -0.2) is 36.1 Å². The molecule has 0 spiro atoms. The highest BCUT2D eigenvalue weighted by atomic mass is 35.5. The van der Waals surface area contributed by atoms with Gasteiger partial charge in [-0.15, -0.1) is 11.3 Å². The van der Waals surface area contributed by atoms with Gasteiger partial charge in [0, 0.05) is 24.7 Å². The molecule has 0 aliphatic heterocycles. The van der Waals surface area contributed by atoms with Crippen LogP contribution in [-0.2, 0) is 10.0 Å². The highest BCUT2D eigenvalue weighted by Gasteiger charge is 2.24. The van der Waals surface area contributed by atoms with Crippen molar-refractivity contribution in [3.8, 4) is 0 Å². The molecule has 0 saturated carbocycles. The zero-order valence-electron chi connectivity index (χ0n) is 10.7. The summed E-state index contributed by atoms with van der Waals surface area (Å²) in [5, 5.41) is 10.4. The number of aliphatic hydroxyl groups excluding tert-OH is 1. The molecule has 9 heteroatoms. The maximum absolute atomic E-state index is 12.2. The van der Waals surface area contributed by atoms with Gasteiger partial charge in [0.2, 0.25) is 0 Å². The molecule has 0 bridgehead atoms. The van der Waals surface area contributed by atoms with Crippen molar-refractivity contribution in [1.29, 1.82) is 0 Å². The van der Waals surface area contributed by atoms with Crippen molar-refractivity contribution in [1.82, 2.24) is 14.1 Å². The number of unbranched alkanes of at least 4 members (excludes halogenated alkanes) is 3. The molecule has 20 heavy (non-hydrogen) atoms. The molecule has 2 N–H and O–H groups in total. The second-order valence-corrected chi connectivity index (χ2v) is 7.21. The number of aliphatic hydroxyl groups is 1. The lowest BCUT2D eigenvalue weighted by Gasteiger charge is -2.06. The minimum absolute atomic E-state index is 0.00854. The van der Waals surface area contributed by atoms with Crippen molar-refractivity contribution in [2.45, 2.75) is 30.7 Å². The number of sulfonamides is 1. The van der Waals surface area contributed by atoms with Crippen molar-refractivity contribution < 1.29 is 13.5 Å². The summed E-state index contributed by atoms with van der Waals surface area (Å²) < 4.78 is 28.4. The highest BCUT2D eigenvalue weighted by molar-refractivity contribution is 7.89. The first-order valence-electron chi connectivity index (χ1n) is 6.28. The average molecular weight is 338 g/mol. The molecule has 0 aromatic carbocycles. The monoisotopic (exact) mass is 337 g/mol. The molecule has 0 fully saturated rings. The minimum atomic E-state index is -3.66. The number of hydrogen-bond acceptors (Lipinski definition) is 5. The Balaban J connectivity index is 2.00. The number of nitrogens with one attached hydrogen (secondary N) is 1. The lowest BCUT2D eigenvalue weighted by atomic mass is 10.2. The van der Waals surface area contributed by atoms with Crippen molar-refractivity contribution in [2.75, 3.05) is 13.2 Å². The number of rotatable bonds is 8. The SMILES string of the molecule is O=S(=O)(NCCCCCCO)c1c(Cl)nc2sccn12. The Labute approximate surface area is 126 Å². The molecule has 2 rings (SSSR count). The first-order valence-corrected chi connectivity index (χ1v) is 9.02. The third-order valence-corrected chi connectivity index (χ3v) is 5.43. The molecule has 0 aliphatic rings. The van der Waals surface area contributed by atoms with E-state index in [1.54, 1.807) is 11.6 Å².